The number of halogens is 1. The molecule has 0 saturated heterocycles. The number of pyridine rings is 1. The molecule has 36 heavy (non-hydrogen) atoms. The van der Waals surface area contributed by atoms with Crippen molar-refractivity contribution >= 4 is 5.91 Å². The van der Waals surface area contributed by atoms with Crippen molar-refractivity contribution in [3.63, 3.8) is 0 Å². The van der Waals surface area contributed by atoms with Crippen LogP contribution in [0.5, 0.6) is 5.88 Å². The van der Waals surface area contributed by atoms with E-state index in [-0.39, 0.29) is 41.9 Å². The average molecular weight is 500 g/mol. The smallest absolute Gasteiger partial charge is 0.218 e. The van der Waals surface area contributed by atoms with E-state index < -0.39 is 12.1 Å². The lowest BCUT2D eigenvalue weighted by atomic mass is 9.73. The number of aliphatic hydroxyl groups excluding tert-OH is 2. The van der Waals surface area contributed by atoms with Crippen molar-refractivity contribution in [1.29, 1.82) is 0 Å². The summed E-state index contributed by atoms with van der Waals surface area (Å²) < 4.78 is 19.7. The molecule has 2 aromatic rings. The van der Waals surface area contributed by atoms with Crippen molar-refractivity contribution in [3.05, 3.63) is 59.0 Å². The lowest BCUT2D eigenvalue weighted by Gasteiger charge is -2.47. The Hall–Kier alpha value is -2.55. The lowest BCUT2D eigenvalue weighted by Crippen LogP contribution is -2.52. The number of benzene rings is 1. The summed E-state index contributed by atoms with van der Waals surface area (Å²) >= 11 is 0. The van der Waals surface area contributed by atoms with Gasteiger partial charge in [-0.25, -0.2) is 9.37 Å². The highest BCUT2D eigenvalue weighted by Gasteiger charge is 2.46. The Labute approximate surface area is 212 Å². The molecular weight excluding hydrogens is 461 g/mol. The van der Waals surface area contributed by atoms with Gasteiger partial charge in [0.15, 0.2) is 0 Å². The summed E-state index contributed by atoms with van der Waals surface area (Å²) in [6.45, 7) is 5.80. The third-order valence-corrected chi connectivity index (χ3v) is 7.37. The molecule has 1 saturated carbocycles. The summed E-state index contributed by atoms with van der Waals surface area (Å²) in [6.07, 6.45) is 5.91. The molecule has 0 radical (unpaired) electrons. The van der Waals surface area contributed by atoms with Gasteiger partial charge < -0.3 is 25.6 Å². The van der Waals surface area contributed by atoms with Gasteiger partial charge in [0.25, 0.3) is 0 Å². The molecule has 1 aromatic heterocycles. The first-order valence-electron chi connectivity index (χ1n) is 12.8. The Morgan fingerprint density at radius 3 is 2.61 bits per heavy atom. The molecule has 1 aliphatic heterocycles. The molecule has 196 valence electrons. The number of amides is 1. The number of aliphatic hydroxyl groups is 2. The topological polar surface area (TPSA) is 104 Å². The minimum absolute atomic E-state index is 0.0582. The van der Waals surface area contributed by atoms with E-state index in [1.165, 1.54) is 19.1 Å². The maximum Gasteiger partial charge on any atom is 0.218 e. The molecule has 3 atom stereocenters. The molecule has 1 spiro atoms. The van der Waals surface area contributed by atoms with Gasteiger partial charge in [-0.3, -0.25) is 4.79 Å². The van der Waals surface area contributed by atoms with Gasteiger partial charge in [-0.05, 0) is 66.8 Å². The van der Waals surface area contributed by atoms with Crippen LogP contribution in [0.25, 0.3) is 0 Å². The standard InChI is InChI=1S/C28H38FN3O4/c1-18(34)32-23(12-19-5-7-21(29)8-6-19)25(35)16-30-24-14-28(9-4-10-28)36-26-22(24)11-20(15-31-26)13-27(2,3)17-33/h5-8,11,15,23-25,30,33,35H,4,9-10,12-14,16-17H2,1-3H3,(H,32,34)/t23-,24-,25-/m0/s1. The number of hydrogen-bond acceptors (Lipinski definition) is 6. The molecule has 1 fully saturated rings. The normalized spacial score (nSPS) is 20.1. The van der Waals surface area contributed by atoms with Gasteiger partial charge in [0.1, 0.15) is 11.4 Å². The monoisotopic (exact) mass is 499 g/mol. The van der Waals surface area contributed by atoms with E-state index in [9.17, 15) is 19.4 Å². The van der Waals surface area contributed by atoms with Crippen LogP contribution in [-0.2, 0) is 17.6 Å². The SMILES string of the molecule is CC(=O)N[C@@H](Cc1ccc(F)cc1)[C@@H](O)CN[C@H]1CC2(CCC2)Oc2ncc(CC(C)(C)CO)cc21. The number of hydrogen-bond donors (Lipinski definition) is 4. The molecule has 4 rings (SSSR count). The third-order valence-electron chi connectivity index (χ3n) is 7.37. The van der Waals surface area contributed by atoms with Crippen molar-refractivity contribution in [3.8, 4) is 5.88 Å². The summed E-state index contributed by atoms with van der Waals surface area (Å²) in [6, 6.07) is 7.61. The first kappa shape index (κ1) is 26.5. The first-order valence-corrected chi connectivity index (χ1v) is 12.8. The Kier molecular flexibility index (Phi) is 7.97. The van der Waals surface area contributed by atoms with Gasteiger partial charge in [0, 0.05) is 44.3 Å². The number of aromatic nitrogens is 1. The van der Waals surface area contributed by atoms with Crippen LogP contribution < -0.4 is 15.4 Å². The van der Waals surface area contributed by atoms with Crippen LogP contribution in [0.2, 0.25) is 0 Å². The van der Waals surface area contributed by atoms with Gasteiger partial charge >= 0.3 is 0 Å². The zero-order valence-electron chi connectivity index (χ0n) is 21.4. The Balaban J connectivity index is 1.50. The Morgan fingerprint density at radius 2 is 2.00 bits per heavy atom. The van der Waals surface area contributed by atoms with Gasteiger partial charge in [-0.15, -0.1) is 0 Å². The molecule has 2 aliphatic rings. The van der Waals surface area contributed by atoms with Gasteiger partial charge in [-0.2, -0.15) is 0 Å². The fourth-order valence-electron chi connectivity index (χ4n) is 5.17. The number of ether oxygens (including phenoxy) is 1. The summed E-state index contributed by atoms with van der Waals surface area (Å²) in [7, 11) is 0. The molecule has 4 N–H and O–H groups in total. The predicted molar refractivity (Wildman–Crippen MR) is 135 cm³/mol. The van der Waals surface area contributed by atoms with Crippen LogP contribution in [0.1, 0.15) is 69.2 Å². The predicted octanol–water partition coefficient (Wildman–Crippen LogP) is 3.23. The maximum absolute atomic E-state index is 13.3. The van der Waals surface area contributed by atoms with Crippen molar-refractivity contribution in [1.82, 2.24) is 15.6 Å². The fraction of sp³-hybridized carbons (Fsp3) is 0.571. The number of fused-ring (bicyclic) bond motifs is 1. The van der Waals surface area contributed by atoms with E-state index in [2.05, 4.69) is 21.7 Å². The van der Waals surface area contributed by atoms with E-state index in [0.29, 0.717) is 18.7 Å². The number of nitrogens with one attached hydrogen (secondary N) is 2. The van der Waals surface area contributed by atoms with Crippen LogP contribution >= 0.6 is 0 Å². The van der Waals surface area contributed by atoms with Crippen molar-refractivity contribution in [2.75, 3.05) is 13.2 Å². The van der Waals surface area contributed by atoms with E-state index in [0.717, 1.165) is 42.4 Å². The molecular formula is C28H38FN3O4. The highest BCUT2D eigenvalue weighted by Crippen LogP contribution is 2.48. The van der Waals surface area contributed by atoms with Crippen molar-refractivity contribution in [2.45, 2.75) is 83.1 Å². The van der Waals surface area contributed by atoms with Gasteiger partial charge in [0.2, 0.25) is 11.8 Å². The van der Waals surface area contributed by atoms with E-state index in [4.69, 9.17) is 4.74 Å². The maximum atomic E-state index is 13.3. The average Bonchev–Trinajstić information content (AvgIpc) is 2.81. The van der Waals surface area contributed by atoms with Crippen LogP contribution in [0.15, 0.2) is 36.5 Å². The first-order chi connectivity index (χ1) is 17.1. The number of carbonyl (C=O) groups excluding carboxylic acids is 1. The van der Waals surface area contributed by atoms with E-state index in [1.54, 1.807) is 12.1 Å². The molecule has 1 aliphatic carbocycles. The molecule has 1 aromatic carbocycles. The van der Waals surface area contributed by atoms with Crippen LogP contribution in [0.3, 0.4) is 0 Å². The number of rotatable bonds is 10. The molecule has 1 amide bonds. The lowest BCUT2D eigenvalue weighted by molar-refractivity contribution is -0.120. The highest BCUT2D eigenvalue weighted by atomic mass is 19.1. The second-order valence-electron chi connectivity index (χ2n) is 11.2. The molecule has 2 heterocycles. The largest absolute Gasteiger partial charge is 0.471 e. The zero-order chi connectivity index (χ0) is 25.9. The Morgan fingerprint density at radius 1 is 1.28 bits per heavy atom. The summed E-state index contributed by atoms with van der Waals surface area (Å²) in [5.41, 5.74) is 2.34. The minimum atomic E-state index is -0.855. The molecule has 0 unspecified atom stereocenters. The summed E-state index contributed by atoms with van der Waals surface area (Å²) in [5, 5.41) is 27.1. The number of nitrogens with zero attached hydrogens (tertiary/aromatic N) is 1. The molecule has 0 bridgehead atoms. The van der Waals surface area contributed by atoms with Crippen LogP contribution in [0, 0.1) is 11.2 Å². The zero-order valence-corrected chi connectivity index (χ0v) is 21.4. The van der Waals surface area contributed by atoms with Crippen LogP contribution in [0.4, 0.5) is 4.39 Å². The van der Waals surface area contributed by atoms with Gasteiger partial charge in [0.05, 0.1) is 12.1 Å². The minimum Gasteiger partial charge on any atom is -0.471 e. The highest BCUT2D eigenvalue weighted by molar-refractivity contribution is 5.73. The quantitative estimate of drug-likeness (QED) is 0.400. The van der Waals surface area contributed by atoms with E-state index in [1.807, 2.05) is 20.0 Å². The van der Waals surface area contributed by atoms with Crippen LogP contribution in [-0.4, -0.2) is 52.0 Å². The summed E-state index contributed by atoms with van der Waals surface area (Å²) in [4.78, 5) is 16.5. The number of carbonyl (C=O) groups is 1. The van der Waals surface area contributed by atoms with Crippen molar-refractivity contribution < 1.29 is 24.1 Å². The van der Waals surface area contributed by atoms with Gasteiger partial charge in [-0.1, -0.05) is 26.0 Å². The molecule has 7 nitrogen and oxygen atoms in total. The Bertz CT molecular complexity index is 1060. The third kappa shape index (κ3) is 6.41. The van der Waals surface area contributed by atoms with E-state index >= 15 is 0 Å². The van der Waals surface area contributed by atoms with Crippen molar-refractivity contribution in [2.24, 2.45) is 5.41 Å². The second-order valence-corrected chi connectivity index (χ2v) is 11.2. The fourth-order valence-corrected chi connectivity index (χ4v) is 5.17. The second kappa shape index (κ2) is 10.8. The summed E-state index contributed by atoms with van der Waals surface area (Å²) in [5.74, 6) is 0.0741. The molecule has 8 heteroatoms.